The maximum absolute atomic E-state index is 12.8. The van der Waals surface area contributed by atoms with Gasteiger partial charge in [-0.25, -0.2) is 10.2 Å². The van der Waals surface area contributed by atoms with E-state index in [1.54, 1.807) is 0 Å². The predicted octanol–water partition coefficient (Wildman–Crippen LogP) is 3.86. The molecule has 2 N–H and O–H groups in total. The molecule has 0 bridgehead atoms. The van der Waals surface area contributed by atoms with Crippen molar-refractivity contribution < 1.29 is 9.09 Å². The zero-order valence-corrected chi connectivity index (χ0v) is 13.6. The lowest BCUT2D eigenvalue weighted by molar-refractivity contribution is 0.282. The van der Waals surface area contributed by atoms with Crippen molar-refractivity contribution in [3.8, 4) is 0 Å². The van der Waals surface area contributed by atoms with Gasteiger partial charge in [0.15, 0.2) is 0 Å². The zero-order valence-electron chi connectivity index (χ0n) is 12.7. The van der Waals surface area contributed by atoms with Crippen LogP contribution in [-0.4, -0.2) is 12.1 Å². The van der Waals surface area contributed by atoms with Crippen molar-refractivity contribution in [3.05, 3.63) is 48.0 Å². The molecule has 20 heavy (non-hydrogen) atoms. The Morgan fingerprint density at radius 1 is 1.25 bits per heavy atom. The van der Waals surface area contributed by atoms with Crippen LogP contribution in [0.4, 0.5) is 0 Å². The molecule has 0 aliphatic carbocycles. The van der Waals surface area contributed by atoms with E-state index in [4.69, 9.17) is 4.52 Å². The van der Waals surface area contributed by atoms with Crippen LogP contribution in [0.1, 0.15) is 33.3 Å². The molecule has 0 aromatic heterocycles. The average Bonchev–Trinajstić information content (AvgIpc) is 2.36. The molecule has 0 heterocycles. The molecule has 2 unspecified atom stereocenters. The lowest BCUT2D eigenvalue weighted by Crippen LogP contribution is -2.34. The van der Waals surface area contributed by atoms with E-state index < -0.39 is 7.67 Å². The van der Waals surface area contributed by atoms with E-state index in [2.05, 4.69) is 16.8 Å². The van der Waals surface area contributed by atoms with Crippen molar-refractivity contribution in [1.29, 1.82) is 0 Å². The summed E-state index contributed by atoms with van der Waals surface area (Å²) in [4.78, 5) is 0. The maximum Gasteiger partial charge on any atom is 0.341 e. The van der Waals surface area contributed by atoms with Gasteiger partial charge in [-0.3, -0.25) is 4.57 Å². The van der Waals surface area contributed by atoms with E-state index in [1.807, 2.05) is 58.0 Å². The van der Waals surface area contributed by atoms with Gasteiger partial charge in [0.2, 0.25) is 0 Å². The topological polar surface area (TPSA) is 50.4 Å². The summed E-state index contributed by atoms with van der Waals surface area (Å²) in [7, 11) is -3.11. The van der Waals surface area contributed by atoms with Gasteiger partial charge in [0, 0.05) is 12.1 Å². The van der Waals surface area contributed by atoms with Crippen LogP contribution in [0.2, 0.25) is 0 Å². The standard InChI is InChI=1S/C15H25N2O2P/c1-12(2)14(5)17-20(18,16-13(3)4)19-11-15-9-7-6-8-10-15/h6-10,13-14H,1,11H2,2-5H3,(H2,16,17,18). The second-order valence-corrected chi connectivity index (χ2v) is 7.17. The Morgan fingerprint density at radius 2 is 1.85 bits per heavy atom. The normalized spacial score (nSPS) is 15.8. The van der Waals surface area contributed by atoms with E-state index in [9.17, 15) is 4.57 Å². The summed E-state index contributed by atoms with van der Waals surface area (Å²) in [6.07, 6.45) is 0. The minimum Gasteiger partial charge on any atom is -0.301 e. The van der Waals surface area contributed by atoms with Crippen molar-refractivity contribution in [1.82, 2.24) is 10.2 Å². The largest absolute Gasteiger partial charge is 0.341 e. The summed E-state index contributed by atoms with van der Waals surface area (Å²) in [6.45, 7) is 11.9. The van der Waals surface area contributed by atoms with Crippen LogP contribution in [0.5, 0.6) is 0 Å². The molecule has 1 aromatic rings. The summed E-state index contributed by atoms with van der Waals surface area (Å²) in [5, 5.41) is 6.01. The first-order valence-electron chi connectivity index (χ1n) is 6.82. The fourth-order valence-corrected chi connectivity index (χ4v) is 3.52. The highest BCUT2D eigenvalue weighted by Gasteiger charge is 2.26. The van der Waals surface area contributed by atoms with Crippen LogP contribution in [0.25, 0.3) is 0 Å². The average molecular weight is 296 g/mol. The molecule has 0 radical (unpaired) electrons. The van der Waals surface area contributed by atoms with Gasteiger partial charge in [-0.05, 0) is 33.3 Å². The summed E-state index contributed by atoms with van der Waals surface area (Å²) < 4.78 is 18.5. The van der Waals surface area contributed by atoms with Crippen LogP contribution in [0.3, 0.4) is 0 Å². The molecule has 112 valence electrons. The van der Waals surface area contributed by atoms with Crippen molar-refractivity contribution in [2.75, 3.05) is 0 Å². The third-order valence-electron chi connectivity index (χ3n) is 2.79. The smallest absolute Gasteiger partial charge is 0.301 e. The Kier molecular flexibility index (Phi) is 6.63. The first kappa shape index (κ1) is 17.1. The highest BCUT2D eigenvalue weighted by atomic mass is 31.2. The Morgan fingerprint density at radius 3 is 2.35 bits per heavy atom. The highest BCUT2D eigenvalue weighted by Crippen LogP contribution is 2.40. The molecule has 1 aromatic carbocycles. The summed E-state index contributed by atoms with van der Waals surface area (Å²) in [5.74, 6) is 0. The molecule has 0 saturated heterocycles. The van der Waals surface area contributed by atoms with Gasteiger partial charge < -0.3 is 4.52 Å². The highest BCUT2D eigenvalue weighted by molar-refractivity contribution is 7.54. The molecule has 0 aliphatic heterocycles. The Bertz CT molecular complexity index is 474. The van der Waals surface area contributed by atoms with Gasteiger partial charge in [-0.2, -0.15) is 0 Å². The Labute approximate surface area is 122 Å². The lowest BCUT2D eigenvalue weighted by Gasteiger charge is -2.26. The lowest BCUT2D eigenvalue weighted by atomic mass is 10.2. The molecule has 0 aliphatic rings. The number of benzene rings is 1. The van der Waals surface area contributed by atoms with Gasteiger partial charge in [0.1, 0.15) is 0 Å². The van der Waals surface area contributed by atoms with E-state index in [0.717, 1.165) is 11.1 Å². The molecule has 5 heteroatoms. The fraction of sp³-hybridized carbons (Fsp3) is 0.467. The minimum atomic E-state index is -3.11. The SMILES string of the molecule is C=C(C)C(C)NP(=O)(NC(C)C)OCc1ccccc1. The van der Waals surface area contributed by atoms with Crippen LogP contribution in [0.15, 0.2) is 42.5 Å². The predicted molar refractivity (Wildman–Crippen MR) is 84.5 cm³/mol. The first-order valence-corrected chi connectivity index (χ1v) is 8.44. The first-order chi connectivity index (χ1) is 9.32. The van der Waals surface area contributed by atoms with Gasteiger partial charge in [0.25, 0.3) is 0 Å². The fourth-order valence-electron chi connectivity index (χ4n) is 1.56. The second-order valence-electron chi connectivity index (χ2n) is 5.29. The van der Waals surface area contributed by atoms with Crippen molar-refractivity contribution in [2.45, 2.75) is 46.4 Å². The second kappa shape index (κ2) is 7.75. The van der Waals surface area contributed by atoms with Crippen molar-refractivity contribution in [3.63, 3.8) is 0 Å². The molecular weight excluding hydrogens is 271 g/mol. The maximum atomic E-state index is 12.8. The molecular formula is C15H25N2O2P. The molecule has 2 atom stereocenters. The molecule has 0 amide bonds. The molecule has 4 nitrogen and oxygen atoms in total. The summed E-state index contributed by atoms with van der Waals surface area (Å²) in [5.41, 5.74) is 1.90. The zero-order chi connectivity index (χ0) is 15.2. The number of nitrogens with one attached hydrogen (secondary N) is 2. The van der Waals surface area contributed by atoms with E-state index in [-0.39, 0.29) is 12.1 Å². The van der Waals surface area contributed by atoms with Gasteiger partial charge in [-0.1, -0.05) is 42.5 Å². The van der Waals surface area contributed by atoms with Crippen molar-refractivity contribution in [2.24, 2.45) is 0 Å². The van der Waals surface area contributed by atoms with E-state index >= 15 is 0 Å². The quantitative estimate of drug-likeness (QED) is 0.565. The summed E-state index contributed by atoms with van der Waals surface area (Å²) in [6, 6.07) is 9.68. The molecule has 0 spiro atoms. The summed E-state index contributed by atoms with van der Waals surface area (Å²) >= 11 is 0. The molecule has 0 fully saturated rings. The van der Waals surface area contributed by atoms with Crippen LogP contribution in [0, 0.1) is 0 Å². The van der Waals surface area contributed by atoms with Crippen LogP contribution in [-0.2, 0) is 15.7 Å². The van der Waals surface area contributed by atoms with Gasteiger partial charge >= 0.3 is 7.67 Å². The van der Waals surface area contributed by atoms with E-state index in [1.165, 1.54) is 0 Å². The third kappa shape index (κ3) is 6.02. The Balaban J connectivity index is 2.73. The molecule has 0 saturated carbocycles. The van der Waals surface area contributed by atoms with Gasteiger partial charge in [-0.15, -0.1) is 0 Å². The third-order valence-corrected chi connectivity index (χ3v) is 4.86. The number of hydrogen-bond donors (Lipinski definition) is 2. The monoisotopic (exact) mass is 296 g/mol. The van der Waals surface area contributed by atoms with E-state index in [0.29, 0.717) is 6.61 Å². The molecule has 1 rings (SSSR count). The number of hydrogen-bond acceptors (Lipinski definition) is 2. The van der Waals surface area contributed by atoms with Crippen LogP contribution < -0.4 is 10.2 Å². The van der Waals surface area contributed by atoms with Crippen LogP contribution >= 0.6 is 7.67 Å². The van der Waals surface area contributed by atoms with Gasteiger partial charge in [0.05, 0.1) is 6.61 Å². The number of rotatable bonds is 8. The minimum absolute atomic E-state index is 0.0569. The Hall–Kier alpha value is -0.930. The van der Waals surface area contributed by atoms with Crippen molar-refractivity contribution >= 4 is 7.67 Å².